The molecule has 0 atom stereocenters. The fraction of sp³-hybridized carbons (Fsp3) is 0.273. The van der Waals surface area contributed by atoms with Gasteiger partial charge in [-0.25, -0.2) is 0 Å². The number of aryl methyl sites for hydroxylation is 1. The van der Waals surface area contributed by atoms with E-state index in [1.54, 1.807) is 0 Å². The second-order valence-corrected chi connectivity index (χ2v) is 9.71. The van der Waals surface area contributed by atoms with E-state index in [0.29, 0.717) is 12.3 Å². The van der Waals surface area contributed by atoms with E-state index in [9.17, 15) is 0 Å². The molecule has 37 heavy (non-hydrogen) atoms. The molecule has 4 nitrogen and oxygen atoms in total. The molecule has 4 heteroatoms. The van der Waals surface area contributed by atoms with Crippen LogP contribution in [0.25, 0.3) is 27.4 Å². The Morgan fingerprint density at radius 2 is 1.86 bits per heavy atom. The van der Waals surface area contributed by atoms with E-state index < -0.39 is 0 Å². The van der Waals surface area contributed by atoms with Gasteiger partial charge in [0.15, 0.2) is 0 Å². The van der Waals surface area contributed by atoms with E-state index in [2.05, 4.69) is 104 Å². The summed E-state index contributed by atoms with van der Waals surface area (Å²) in [6.07, 6.45) is 14.3. The molecule has 4 aromatic rings. The molecule has 0 unspecified atom stereocenters. The van der Waals surface area contributed by atoms with Gasteiger partial charge in [-0.1, -0.05) is 50.6 Å². The predicted octanol–water partition coefficient (Wildman–Crippen LogP) is 8.30. The molecule has 0 saturated carbocycles. The maximum atomic E-state index is 8.92. The quantitative estimate of drug-likeness (QED) is 0.146. The van der Waals surface area contributed by atoms with Gasteiger partial charge in [0.2, 0.25) is 0 Å². The highest BCUT2D eigenvalue weighted by atomic mass is 15.1. The SMILES string of the molecule is CCC/C=C(/C=C\C(=C(\C)CC)N(C)C(=N)Cc1ccc2ncccc2c1)c1ccc2c(ccn2C)c1. The van der Waals surface area contributed by atoms with Crippen LogP contribution in [0.3, 0.4) is 0 Å². The third-order valence-corrected chi connectivity index (χ3v) is 7.07. The molecule has 0 bridgehead atoms. The summed E-state index contributed by atoms with van der Waals surface area (Å²) in [5, 5.41) is 11.3. The first-order valence-corrected chi connectivity index (χ1v) is 13.2. The molecular formula is C33H38N4. The Bertz CT molecular complexity index is 1500. The van der Waals surface area contributed by atoms with E-state index in [0.717, 1.165) is 41.4 Å². The van der Waals surface area contributed by atoms with Crippen molar-refractivity contribution in [3.8, 4) is 0 Å². The van der Waals surface area contributed by atoms with Gasteiger partial charge in [-0.3, -0.25) is 10.4 Å². The second-order valence-electron chi connectivity index (χ2n) is 9.71. The topological polar surface area (TPSA) is 44.9 Å². The minimum atomic E-state index is 0.568. The minimum absolute atomic E-state index is 0.568. The Morgan fingerprint density at radius 1 is 1.03 bits per heavy atom. The molecule has 0 aliphatic carbocycles. The van der Waals surface area contributed by atoms with Gasteiger partial charge in [-0.2, -0.15) is 0 Å². The number of hydrogen-bond acceptors (Lipinski definition) is 2. The third kappa shape index (κ3) is 6.08. The maximum Gasteiger partial charge on any atom is 0.104 e. The highest BCUT2D eigenvalue weighted by Gasteiger charge is 2.12. The summed E-state index contributed by atoms with van der Waals surface area (Å²) in [6, 6.07) is 19.2. The smallest absolute Gasteiger partial charge is 0.104 e. The lowest BCUT2D eigenvalue weighted by Crippen LogP contribution is -2.27. The molecule has 0 aliphatic heterocycles. The van der Waals surface area contributed by atoms with Crippen molar-refractivity contribution in [3.63, 3.8) is 0 Å². The van der Waals surface area contributed by atoms with Gasteiger partial charge >= 0.3 is 0 Å². The Balaban J connectivity index is 1.60. The number of pyridine rings is 1. The van der Waals surface area contributed by atoms with E-state index in [4.69, 9.17) is 5.41 Å². The van der Waals surface area contributed by atoms with Gasteiger partial charge in [0.25, 0.3) is 0 Å². The standard InChI is InChI=1S/C33H38N4/c1-6-8-10-26(27-14-17-32-29(23-27)18-20-36(32)4)13-16-31(24(3)7-2)37(5)33(34)22-25-12-15-30-28(21-25)11-9-19-35-30/h9-21,23,34H,6-8,22H2,1-5H3/b16-13-,26-10-,31-24+,34-33?. The first-order valence-electron chi connectivity index (χ1n) is 13.2. The third-order valence-electron chi connectivity index (χ3n) is 7.07. The number of aromatic nitrogens is 2. The summed E-state index contributed by atoms with van der Waals surface area (Å²) in [4.78, 5) is 6.45. The van der Waals surface area contributed by atoms with Crippen molar-refractivity contribution in [2.45, 2.75) is 46.5 Å². The summed E-state index contributed by atoms with van der Waals surface area (Å²) in [5.74, 6) is 0.570. The average Bonchev–Trinajstić information content (AvgIpc) is 3.29. The predicted molar refractivity (Wildman–Crippen MR) is 159 cm³/mol. The molecule has 0 radical (unpaired) electrons. The first-order chi connectivity index (χ1) is 17.9. The van der Waals surface area contributed by atoms with Crippen LogP contribution in [-0.4, -0.2) is 27.3 Å². The van der Waals surface area contributed by atoms with Crippen LogP contribution in [0.5, 0.6) is 0 Å². The first kappa shape index (κ1) is 26.2. The van der Waals surface area contributed by atoms with Crippen molar-refractivity contribution >= 4 is 33.2 Å². The van der Waals surface area contributed by atoms with Crippen molar-refractivity contribution in [2.75, 3.05) is 7.05 Å². The summed E-state index contributed by atoms with van der Waals surface area (Å²) in [7, 11) is 4.09. The lowest BCUT2D eigenvalue weighted by Gasteiger charge is -2.24. The number of fused-ring (bicyclic) bond motifs is 2. The Labute approximate surface area is 221 Å². The zero-order valence-corrected chi connectivity index (χ0v) is 22.8. The normalized spacial score (nSPS) is 12.9. The monoisotopic (exact) mass is 490 g/mol. The number of unbranched alkanes of at least 4 members (excludes halogenated alkanes) is 1. The number of amidine groups is 1. The number of hydrogen-bond donors (Lipinski definition) is 1. The summed E-state index contributed by atoms with van der Waals surface area (Å²) >= 11 is 0. The van der Waals surface area contributed by atoms with Gasteiger partial charge in [-0.15, -0.1) is 0 Å². The maximum absolute atomic E-state index is 8.92. The molecule has 1 N–H and O–H groups in total. The van der Waals surface area contributed by atoms with Gasteiger partial charge in [0.1, 0.15) is 5.84 Å². The van der Waals surface area contributed by atoms with Gasteiger partial charge in [0.05, 0.1) is 5.52 Å². The molecule has 0 saturated heterocycles. The Morgan fingerprint density at radius 3 is 2.65 bits per heavy atom. The molecule has 2 heterocycles. The van der Waals surface area contributed by atoms with Crippen LogP contribution in [0.15, 0.2) is 96.5 Å². The molecule has 0 spiro atoms. The largest absolute Gasteiger partial charge is 0.351 e. The highest BCUT2D eigenvalue weighted by Crippen LogP contribution is 2.25. The van der Waals surface area contributed by atoms with Crippen molar-refractivity contribution < 1.29 is 0 Å². The second kappa shape index (κ2) is 11.9. The van der Waals surface area contributed by atoms with E-state index >= 15 is 0 Å². The molecular weight excluding hydrogens is 452 g/mol. The zero-order chi connectivity index (χ0) is 26.4. The molecule has 0 aliphatic rings. The number of allylic oxidation sites excluding steroid dienone is 5. The van der Waals surface area contributed by atoms with Crippen LogP contribution < -0.4 is 0 Å². The zero-order valence-electron chi connectivity index (χ0n) is 22.8. The average molecular weight is 491 g/mol. The summed E-state index contributed by atoms with van der Waals surface area (Å²) in [6.45, 7) is 6.55. The summed E-state index contributed by atoms with van der Waals surface area (Å²) in [5.41, 5.74) is 8.13. The minimum Gasteiger partial charge on any atom is -0.351 e. The van der Waals surface area contributed by atoms with Crippen LogP contribution in [-0.2, 0) is 13.5 Å². The summed E-state index contributed by atoms with van der Waals surface area (Å²) < 4.78 is 2.16. The lowest BCUT2D eigenvalue weighted by atomic mass is 10.0. The van der Waals surface area contributed by atoms with Gasteiger partial charge < -0.3 is 9.47 Å². The number of nitrogens with zero attached hydrogens (tertiary/aromatic N) is 3. The fourth-order valence-corrected chi connectivity index (χ4v) is 4.63. The fourth-order valence-electron chi connectivity index (χ4n) is 4.63. The van der Waals surface area contributed by atoms with E-state index in [-0.39, 0.29) is 0 Å². The number of likely N-dealkylation sites (N-methyl/N-ethyl adjacent to an activating group) is 1. The number of rotatable bonds is 9. The molecule has 0 fully saturated rings. The van der Waals surface area contributed by atoms with Crippen LogP contribution in [0, 0.1) is 5.41 Å². The molecule has 4 rings (SSSR count). The van der Waals surface area contributed by atoms with Crippen molar-refractivity contribution in [2.24, 2.45) is 7.05 Å². The Hall–Kier alpha value is -3.92. The van der Waals surface area contributed by atoms with Crippen LogP contribution >= 0.6 is 0 Å². The lowest BCUT2D eigenvalue weighted by molar-refractivity contribution is 0.616. The van der Waals surface area contributed by atoms with Crippen LogP contribution in [0.2, 0.25) is 0 Å². The van der Waals surface area contributed by atoms with Crippen molar-refractivity contribution in [1.82, 2.24) is 14.5 Å². The highest BCUT2D eigenvalue weighted by molar-refractivity contribution is 5.88. The molecule has 2 aromatic heterocycles. The molecule has 190 valence electrons. The van der Waals surface area contributed by atoms with E-state index in [1.807, 2.05) is 30.3 Å². The van der Waals surface area contributed by atoms with Gasteiger partial charge in [0, 0.05) is 54.9 Å². The van der Waals surface area contributed by atoms with E-state index in [1.165, 1.54) is 27.6 Å². The molecule has 0 amide bonds. The van der Waals surface area contributed by atoms with Crippen molar-refractivity contribution in [1.29, 1.82) is 5.41 Å². The van der Waals surface area contributed by atoms with Crippen LogP contribution in [0.4, 0.5) is 0 Å². The van der Waals surface area contributed by atoms with Gasteiger partial charge in [-0.05, 0) is 84.5 Å². The Kier molecular flexibility index (Phi) is 8.39. The van der Waals surface area contributed by atoms with Crippen LogP contribution in [0.1, 0.15) is 51.2 Å². The van der Waals surface area contributed by atoms with Crippen molar-refractivity contribution in [3.05, 3.63) is 108 Å². The number of benzene rings is 2. The molecule has 2 aromatic carbocycles. The number of nitrogens with one attached hydrogen (secondary N) is 1.